The van der Waals surface area contributed by atoms with Crippen LogP contribution in [0.3, 0.4) is 0 Å². The number of rotatable bonds is 6. The molecular weight excluding hydrogens is 454 g/mol. The number of carbonyl (C=O) groups is 1. The minimum atomic E-state index is -4.64. The van der Waals surface area contributed by atoms with Crippen molar-refractivity contribution >= 4 is 34.8 Å². The Bertz CT molecular complexity index is 1100. The van der Waals surface area contributed by atoms with Crippen molar-refractivity contribution in [3.05, 3.63) is 87.4 Å². The molecule has 0 aromatic heterocycles. The lowest BCUT2D eigenvalue weighted by molar-refractivity contribution is -0.137. The molecule has 3 rings (SSSR count). The van der Waals surface area contributed by atoms with Gasteiger partial charge in [-0.2, -0.15) is 13.2 Å². The zero-order valence-electron chi connectivity index (χ0n) is 16.1. The minimum Gasteiger partial charge on any atom is -0.496 e. The number of ether oxygens (including phenoxy) is 2. The average molecular weight is 470 g/mol. The summed E-state index contributed by atoms with van der Waals surface area (Å²) in [5, 5.41) is 2.51. The highest BCUT2D eigenvalue weighted by atomic mass is 35.5. The van der Waals surface area contributed by atoms with Crippen LogP contribution in [-0.4, -0.2) is 13.0 Å². The lowest BCUT2D eigenvalue weighted by Crippen LogP contribution is -2.14. The van der Waals surface area contributed by atoms with E-state index in [1.807, 2.05) is 0 Å². The van der Waals surface area contributed by atoms with E-state index in [4.69, 9.17) is 32.7 Å². The van der Waals surface area contributed by atoms with E-state index in [9.17, 15) is 18.0 Å². The van der Waals surface area contributed by atoms with Gasteiger partial charge in [-0.15, -0.1) is 0 Å². The molecule has 9 heteroatoms. The van der Waals surface area contributed by atoms with Crippen LogP contribution in [0.15, 0.2) is 60.7 Å². The van der Waals surface area contributed by atoms with Crippen LogP contribution in [0.1, 0.15) is 21.5 Å². The zero-order chi connectivity index (χ0) is 22.6. The fraction of sp³-hybridized carbons (Fsp3) is 0.136. The summed E-state index contributed by atoms with van der Waals surface area (Å²) in [5.74, 6) is 0.428. The Labute approximate surface area is 186 Å². The normalized spacial score (nSPS) is 11.2. The van der Waals surface area contributed by atoms with E-state index in [0.29, 0.717) is 22.1 Å². The molecule has 1 N–H and O–H groups in total. The van der Waals surface area contributed by atoms with Crippen molar-refractivity contribution in [3.63, 3.8) is 0 Å². The molecule has 0 atom stereocenters. The summed E-state index contributed by atoms with van der Waals surface area (Å²) in [5.41, 5.74) is -0.275. The Morgan fingerprint density at radius 3 is 2.48 bits per heavy atom. The van der Waals surface area contributed by atoms with Crippen LogP contribution < -0.4 is 14.8 Å². The van der Waals surface area contributed by atoms with Gasteiger partial charge in [-0.05, 0) is 54.6 Å². The Kier molecular flexibility index (Phi) is 6.97. The van der Waals surface area contributed by atoms with E-state index in [1.165, 1.54) is 19.2 Å². The van der Waals surface area contributed by atoms with Gasteiger partial charge in [-0.1, -0.05) is 29.3 Å². The van der Waals surface area contributed by atoms with E-state index in [-0.39, 0.29) is 17.9 Å². The van der Waals surface area contributed by atoms with Gasteiger partial charge in [-0.25, -0.2) is 0 Å². The molecule has 0 saturated carbocycles. The van der Waals surface area contributed by atoms with E-state index < -0.39 is 22.7 Å². The molecule has 0 fully saturated rings. The fourth-order valence-electron chi connectivity index (χ4n) is 2.77. The quantitative estimate of drug-likeness (QED) is 0.429. The number of benzene rings is 3. The summed E-state index contributed by atoms with van der Waals surface area (Å²) in [6.45, 7) is 0.0871. The van der Waals surface area contributed by atoms with Crippen molar-refractivity contribution in [2.45, 2.75) is 12.8 Å². The third-order valence-corrected chi connectivity index (χ3v) is 4.83. The van der Waals surface area contributed by atoms with Crippen molar-refractivity contribution in [1.82, 2.24) is 0 Å². The van der Waals surface area contributed by atoms with Crippen LogP contribution >= 0.6 is 23.2 Å². The summed E-state index contributed by atoms with van der Waals surface area (Å²) < 4.78 is 50.1. The number of hydrogen-bond donors (Lipinski definition) is 1. The van der Waals surface area contributed by atoms with Gasteiger partial charge in [0.25, 0.3) is 5.91 Å². The first kappa shape index (κ1) is 22.8. The third-order valence-electron chi connectivity index (χ3n) is 4.26. The number of nitrogens with one attached hydrogen (secondary N) is 1. The molecule has 1 amide bonds. The second kappa shape index (κ2) is 9.49. The smallest absolute Gasteiger partial charge is 0.417 e. The Morgan fingerprint density at radius 1 is 1.03 bits per heavy atom. The van der Waals surface area contributed by atoms with Gasteiger partial charge in [0.1, 0.15) is 18.1 Å². The van der Waals surface area contributed by atoms with Crippen LogP contribution in [-0.2, 0) is 12.8 Å². The second-order valence-corrected chi connectivity index (χ2v) is 7.26. The Balaban J connectivity index is 1.79. The first-order valence-corrected chi connectivity index (χ1v) is 9.66. The summed E-state index contributed by atoms with van der Waals surface area (Å²) in [4.78, 5) is 12.6. The molecule has 0 bridgehead atoms. The van der Waals surface area contributed by atoms with Crippen LogP contribution in [0.2, 0.25) is 10.0 Å². The van der Waals surface area contributed by atoms with Gasteiger partial charge < -0.3 is 14.8 Å². The maximum atomic E-state index is 13.0. The summed E-state index contributed by atoms with van der Waals surface area (Å²) in [7, 11) is 1.48. The van der Waals surface area contributed by atoms with Gasteiger partial charge in [-0.3, -0.25) is 4.79 Å². The van der Waals surface area contributed by atoms with Gasteiger partial charge in [0.2, 0.25) is 0 Å². The molecule has 3 aromatic rings. The van der Waals surface area contributed by atoms with Crippen molar-refractivity contribution in [2.75, 3.05) is 12.4 Å². The van der Waals surface area contributed by atoms with Crippen LogP contribution in [0.25, 0.3) is 0 Å². The fourth-order valence-corrected chi connectivity index (χ4v) is 3.18. The molecule has 0 aliphatic rings. The molecule has 0 spiro atoms. The Morgan fingerprint density at radius 2 is 1.81 bits per heavy atom. The number of anilines is 1. The molecular formula is C22H16Cl2F3NO3. The highest BCUT2D eigenvalue weighted by Gasteiger charge is 2.33. The standard InChI is InChI=1S/C22H16Cl2F3NO3/c1-30-20-8-5-13(9-14(20)12-31-17-4-2-3-15(23)10-17)21(29)28-16-6-7-19(24)18(11-16)22(25,26)27/h2-11H,12H2,1H3,(H,28,29). The van der Waals surface area contributed by atoms with Crippen LogP contribution in [0.4, 0.5) is 18.9 Å². The first-order valence-electron chi connectivity index (χ1n) is 8.91. The maximum absolute atomic E-state index is 13.0. The molecule has 0 unspecified atom stereocenters. The summed E-state index contributed by atoms with van der Waals surface area (Å²) in [6.07, 6.45) is -4.64. The van der Waals surface area contributed by atoms with Gasteiger partial charge >= 0.3 is 6.18 Å². The highest BCUT2D eigenvalue weighted by molar-refractivity contribution is 6.31. The molecule has 0 aliphatic carbocycles. The number of amides is 1. The average Bonchev–Trinajstić information content (AvgIpc) is 2.72. The predicted molar refractivity (Wildman–Crippen MR) is 113 cm³/mol. The van der Waals surface area contributed by atoms with Crippen LogP contribution in [0.5, 0.6) is 11.5 Å². The van der Waals surface area contributed by atoms with Gasteiger partial charge in [0.05, 0.1) is 17.7 Å². The SMILES string of the molecule is COc1ccc(C(=O)Nc2ccc(Cl)c(C(F)(F)F)c2)cc1COc1cccc(Cl)c1. The van der Waals surface area contributed by atoms with Crippen molar-refractivity contribution in [3.8, 4) is 11.5 Å². The molecule has 31 heavy (non-hydrogen) atoms. The minimum absolute atomic E-state index is 0.0331. The lowest BCUT2D eigenvalue weighted by atomic mass is 10.1. The highest BCUT2D eigenvalue weighted by Crippen LogP contribution is 2.36. The van der Waals surface area contributed by atoms with E-state index in [1.54, 1.807) is 36.4 Å². The van der Waals surface area contributed by atoms with E-state index in [2.05, 4.69) is 5.32 Å². The number of alkyl halides is 3. The number of halogens is 5. The topological polar surface area (TPSA) is 47.6 Å². The molecule has 162 valence electrons. The number of carbonyl (C=O) groups excluding carboxylic acids is 1. The third kappa shape index (κ3) is 5.83. The van der Waals surface area contributed by atoms with Crippen molar-refractivity contribution < 1.29 is 27.4 Å². The molecule has 0 heterocycles. The molecule has 0 saturated heterocycles. The maximum Gasteiger partial charge on any atom is 0.417 e. The number of methoxy groups -OCH3 is 1. The first-order chi connectivity index (χ1) is 14.7. The van der Waals surface area contributed by atoms with Gasteiger partial charge in [0, 0.05) is 21.8 Å². The molecule has 0 aliphatic heterocycles. The number of hydrogen-bond acceptors (Lipinski definition) is 3. The zero-order valence-corrected chi connectivity index (χ0v) is 17.6. The predicted octanol–water partition coefficient (Wildman–Crippen LogP) is 6.85. The molecule has 0 radical (unpaired) electrons. The van der Waals surface area contributed by atoms with Crippen molar-refractivity contribution in [2.24, 2.45) is 0 Å². The summed E-state index contributed by atoms with van der Waals surface area (Å²) in [6, 6.07) is 14.6. The van der Waals surface area contributed by atoms with E-state index in [0.717, 1.165) is 12.1 Å². The molecule has 3 aromatic carbocycles. The van der Waals surface area contributed by atoms with E-state index >= 15 is 0 Å². The van der Waals surface area contributed by atoms with Crippen molar-refractivity contribution in [1.29, 1.82) is 0 Å². The van der Waals surface area contributed by atoms with Gasteiger partial charge in [0.15, 0.2) is 0 Å². The largest absolute Gasteiger partial charge is 0.496 e. The van der Waals surface area contributed by atoms with Crippen LogP contribution in [0, 0.1) is 0 Å². The Hall–Kier alpha value is -2.90. The lowest BCUT2D eigenvalue weighted by Gasteiger charge is -2.14. The molecule has 4 nitrogen and oxygen atoms in total. The summed E-state index contributed by atoms with van der Waals surface area (Å²) >= 11 is 11.6. The monoisotopic (exact) mass is 469 g/mol. The second-order valence-electron chi connectivity index (χ2n) is 6.42.